The van der Waals surface area contributed by atoms with Crippen LogP contribution in [0.1, 0.15) is 25.8 Å². The molecule has 5 nitrogen and oxygen atoms in total. The summed E-state index contributed by atoms with van der Waals surface area (Å²) in [5.41, 5.74) is 6.73. The first-order valence-electron chi connectivity index (χ1n) is 6.29. The SMILES string of the molecule is CC(C)CC(O)CNS(=O)(=O)Cc1ccccc1N. The van der Waals surface area contributed by atoms with Gasteiger partial charge in [-0.15, -0.1) is 0 Å². The first kappa shape index (κ1) is 15.9. The van der Waals surface area contributed by atoms with Crippen LogP contribution in [0, 0.1) is 5.92 Å². The zero-order valence-corrected chi connectivity index (χ0v) is 12.2. The monoisotopic (exact) mass is 286 g/mol. The Morgan fingerprint density at radius 1 is 1.32 bits per heavy atom. The number of rotatable bonds is 7. The van der Waals surface area contributed by atoms with Crippen molar-refractivity contribution in [3.05, 3.63) is 29.8 Å². The summed E-state index contributed by atoms with van der Waals surface area (Å²) < 4.78 is 26.1. The molecule has 1 rings (SSSR count). The van der Waals surface area contributed by atoms with E-state index in [1.807, 2.05) is 13.8 Å². The van der Waals surface area contributed by atoms with Crippen LogP contribution >= 0.6 is 0 Å². The van der Waals surface area contributed by atoms with Crippen LogP contribution in [-0.2, 0) is 15.8 Å². The van der Waals surface area contributed by atoms with Gasteiger partial charge in [-0.25, -0.2) is 13.1 Å². The number of nitrogens with one attached hydrogen (secondary N) is 1. The molecule has 6 heteroatoms. The van der Waals surface area contributed by atoms with Crippen LogP contribution in [0.15, 0.2) is 24.3 Å². The third-order valence-electron chi connectivity index (χ3n) is 2.68. The fraction of sp³-hybridized carbons (Fsp3) is 0.538. The van der Waals surface area contributed by atoms with Crippen LogP contribution < -0.4 is 10.5 Å². The summed E-state index contributed by atoms with van der Waals surface area (Å²) in [6, 6.07) is 6.84. The van der Waals surface area contributed by atoms with Gasteiger partial charge < -0.3 is 10.8 Å². The summed E-state index contributed by atoms with van der Waals surface area (Å²) >= 11 is 0. The standard InChI is InChI=1S/C13H22N2O3S/c1-10(2)7-12(16)8-15-19(17,18)9-11-5-3-4-6-13(11)14/h3-6,10,12,15-16H,7-9,14H2,1-2H3. The normalized spacial score (nSPS) is 13.7. The molecule has 1 aromatic rings. The summed E-state index contributed by atoms with van der Waals surface area (Å²) in [6.45, 7) is 3.98. The average Bonchev–Trinajstić information content (AvgIpc) is 2.29. The van der Waals surface area contributed by atoms with Crippen LogP contribution in [-0.4, -0.2) is 26.2 Å². The summed E-state index contributed by atoms with van der Waals surface area (Å²) in [7, 11) is -3.48. The lowest BCUT2D eigenvalue weighted by Crippen LogP contribution is -2.33. The second-order valence-electron chi connectivity index (χ2n) is 5.09. The average molecular weight is 286 g/mol. The molecule has 0 spiro atoms. The predicted octanol–water partition coefficient (Wildman–Crippen LogP) is 1.10. The highest BCUT2D eigenvalue weighted by molar-refractivity contribution is 7.88. The molecule has 0 bridgehead atoms. The Hall–Kier alpha value is -1.11. The van der Waals surface area contributed by atoms with Gasteiger partial charge in [0.05, 0.1) is 11.9 Å². The lowest BCUT2D eigenvalue weighted by Gasteiger charge is -2.14. The van der Waals surface area contributed by atoms with Gasteiger partial charge in [0.2, 0.25) is 10.0 Å². The largest absolute Gasteiger partial charge is 0.398 e. The van der Waals surface area contributed by atoms with Crippen molar-refractivity contribution in [2.75, 3.05) is 12.3 Å². The van der Waals surface area contributed by atoms with Crippen LogP contribution in [0.3, 0.4) is 0 Å². The molecule has 0 amide bonds. The van der Waals surface area contributed by atoms with Crippen LogP contribution in [0.4, 0.5) is 5.69 Å². The molecule has 1 atom stereocenters. The van der Waals surface area contributed by atoms with E-state index in [1.165, 1.54) is 0 Å². The van der Waals surface area contributed by atoms with E-state index in [-0.39, 0.29) is 12.3 Å². The molecule has 0 aliphatic rings. The number of sulfonamides is 1. The number of nitrogens with two attached hydrogens (primary N) is 1. The minimum atomic E-state index is -3.48. The van der Waals surface area contributed by atoms with E-state index in [9.17, 15) is 13.5 Å². The molecule has 0 aliphatic heterocycles. The van der Waals surface area contributed by atoms with Crippen LogP contribution in [0.5, 0.6) is 0 Å². The molecule has 0 heterocycles. The van der Waals surface area contributed by atoms with Crippen molar-refractivity contribution in [3.8, 4) is 0 Å². The Morgan fingerprint density at radius 3 is 2.53 bits per heavy atom. The third-order valence-corrected chi connectivity index (χ3v) is 3.98. The number of benzene rings is 1. The number of hydrogen-bond acceptors (Lipinski definition) is 4. The number of anilines is 1. The van der Waals surface area contributed by atoms with Crippen molar-refractivity contribution >= 4 is 15.7 Å². The van der Waals surface area contributed by atoms with Crippen molar-refractivity contribution in [3.63, 3.8) is 0 Å². The first-order chi connectivity index (χ1) is 8.80. The van der Waals surface area contributed by atoms with E-state index >= 15 is 0 Å². The number of hydrogen-bond donors (Lipinski definition) is 3. The predicted molar refractivity (Wildman–Crippen MR) is 76.9 cm³/mol. The quantitative estimate of drug-likeness (QED) is 0.654. The highest BCUT2D eigenvalue weighted by Crippen LogP contribution is 2.13. The van der Waals surface area contributed by atoms with Crippen molar-refractivity contribution in [2.24, 2.45) is 5.92 Å². The van der Waals surface area contributed by atoms with Gasteiger partial charge in [0, 0.05) is 12.2 Å². The molecule has 4 N–H and O–H groups in total. The van der Waals surface area contributed by atoms with Gasteiger partial charge in [-0.3, -0.25) is 0 Å². The molecule has 0 saturated heterocycles. The summed E-state index contributed by atoms with van der Waals surface area (Å²) in [5.74, 6) is 0.151. The summed E-state index contributed by atoms with van der Waals surface area (Å²) in [4.78, 5) is 0. The Balaban J connectivity index is 2.56. The van der Waals surface area contributed by atoms with Gasteiger partial charge >= 0.3 is 0 Å². The fourth-order valence-electron chi connectivity index (χ4n) is 1.77. The number of aliphatic hydroxyl groups excluding tert-OH is 1. The van der Waals surface area contributed by atoms with E-state index in [0.29, 0.717) is 23.6 Å². The molecule has 0 saturated carbocycles. The van der Waals surface area contributed by atoms with Gasteiger partial charge in [-0.1, -0.05) is 32.0 Å². The lowest BCUT2D eigenvalue weighted by atomic mass is 10.1. The molecule has 0 aromatic heterocycles. The van der Waals surface area contributed by atoms with Gasteiger partial charge in [0.1, 0.15) is 0 Å². The fourth-order valence-corrected chi connectivity index (χ4v) is 2.99. The molecule has 0 radical (unpaired) electrons. The topological polar surface area (TPSA) is 92.4 Å². The number of nitrogen functional groups attached to an aromatic ring is 1. The molecular formula is C13H22N2O3S. The molecule has 108 valence electrons. The molecule has 0 fully saturated rings. The third kappa shape index (κ3) is 6.04. The van der Waals surface area contributed by atoms with Gasteiger partial charge in [-0.05, 0) is 24.0 Å². The summed E-state index contributed by atoms with van der Waals surface area (Å²) in [5, 5.41) is 9.65. The zero-order valence-electron chi connectivity index (χ0n) is 11.3. The molecular weight excluding hydrogens is 264 g/mol. The van der Waals surface area contributed by atoms with E-state index < -0.39 is 16.1 Å². The van der Waals surface area contributed by atoms with E-state index in [2.05, 4.69) is 4.72 Å². The lowest BCUT2D eigenvalue weighted by molar-refractivity contribution is 0.152. The minimum Gasteiger partial charge on any atom is -0.398 e. The maximum Gasteiger partial charge on any atom is 0.215 e. The van der Waals surface area contributed by atoms with Crippen molar-refractivity contribution in [2.45, 2.75) is 32.1 Å². The van der Waals surface area contributed by atoms with E-state index in [1.54, 1.807) is 24.3 Å². The Kier molecular flexibility index (Phi) is 5.78. The number of aliphatic hydroxyl groups is 1. The molecule has 1 unspecified atom stereocenters. The summed E-state index contributed by atoms with van der Waals surface area (Å²) in [6.07, 6.45) is -0.0985. The smallest absolute Gasteiger partial charge is 0.215 e. The molecule has 1 aromatic carbocycles. The second-order valence-corrected chi connectivity index (χ2v) is 6.90. The van der Waals surface area contributed by atoms with Crippen LogP contribution in [0.2, 0.25) is 0 Å². The molecule has 19 heavy (non-hydrogen) atoms. The van der Waals surface area contributed by atoms with E-state index in [4.69, 9.17) is 5.73 Å². The van der Waals surface area contributed by atoms with Gasteiger partial charge in [0.25, 0.3) is 0 Å². The Labute approximate surface area is 114 Å². The van der Waals surface area contributed by atoms with Crippen molar-refractivity contribution < 1.29 is 13.5 Å². The Bertz CT molecular complexity index is 500. The Morgan fingerprint density at radius 2 is 1.95 bits per heavy atom. The van der Waals surface area contributed by atoms with E-state index in [0.717, 1.165) is 0 Å². The zero-order chi connectivity index (χ0) is 14.5. The number of para-hydroxylation sites is 1. The highest BCUT2D eigenvalue weighted by atomic mass is 32.2. The maximum atomic E-state index is 11.9. The van der Waals surface area contributed by atoms with Gasteiger partial charge in [-0.2, -0.15) is 0 Å². The minimum absolute atomic E-state index is 0.0350. The van der Waals surface area contributed by atoms with Crippen molar-refractivity contribution in [1.82, 2.24) is 4.72 Å². The second kappa shape index (κ2) is 6.88. The van der Waals surface area contributed by atoms with Gasteiger partial charge in [0.15, 0.2) is 0 Å². The van der Waals surface area contributed by atoms with Crippen LogP contribution in [0.25, 0.3) is 0 Å². The van der Waals surface area contributed by atoms with Crippen molar-refractivity contribution in [1.29, 1.82) is 0 Å². The first-order valence-corrected chi connectivity index (χ1v) is 7.94. The maximum absolute atomic E-state index is 11.9. The molecule has 0 aliphatic carbocycles. The highest BCUT2D eigenvalue weighted by Gasteiger charge is 2.15.